The van der Waals surface area contributed by atoms with Crippen LogP contribution in [0.25, 0.3) is 37.2 Å². The Labute approximate surface area is 331 Å². The van der Waals surface area contributed by atoms with Crippen LogP contribution >= 0.6 is 0 Å². The van der Waals surface area contributed by atoms with Crippen molar-refractivity contribution in [1.29, 1.82) is 5.26 Å². The predicted octanol–water partition coefficient (Wildman–Crippen LogP) is 15.3. The normalized spacial score (nSPS) is 11.5. The van der Waals surface area contributed by atoms with Crippen molar-refractivity contribution in [3.8, 4) is 6.07 Å². The molecule has 0 amide bonds. The zero-order valence-corrected chi connectivity index (χ0v) is 33.1. The van der Waals surface area contributed by atoms with Gasteiger partial charge in [0.25, 0.3) is 0 Å². The third-order valence-corrected chi connectivity index (χ3v) is 11.3. The summed E-state index contributed by atoms with van der Waals surface area (Å²) in [6.07, 6.45) is 1.94. The van der Waals surface area contributed by atoms with Gasteiger partial charge in [-0.05, 0) is 141 Å². The van der Waals surface area contributed by atoms with E-state index in [1.165, 1.54) is 54.6 Å². The molecule has 0 radical (unpaired) electrons. The molecule has 0 spiro atoms. The molecule has 0 aliphatic heterocycles. The zero-order valence-electron chi connectivity index (χ0n) is 33.1. The van der Waals surface area contributed by atoms with Crippen molar-refractivity contribution in [2.45, 2.75) is 66.2 Å². The summed E-state index contributed by atoms with van der Waals surface area (Å²) in [5.74, 6) is 0.533. The highest BCUT2D eigenvalue weighted by molar-refractivity contribution is 6.29. The first kappa shape index (κ1) is 36.4. The van der Waals surface area contributed by atoms with Crippen LogP contribution in [0.4, 0.5) is 39.8 Å². The van der Waals surface area contributed by atoms with Gasteiger partial charge in [-0.1, -0.05) is 102 Å². The minimum absolute atomic E-state index is 0.266. The standard InChI is InChI=1S/C52H46N4/c1-8-35-10-18-39(19-11-35)55(41-22-14-37(32-53)15-23-41)49-30-47(33(3)4)43-27-29-46-50(31-48(34(5)6)44-26-28-45(49)51(43)52(44)46)56(40-20-12-36(9-2)13-21-40)42-24-16-38(54-7)17-25-42/h10-31,33-34H,8-9H2,1-6H3. The van der Waals surface area contributed by atoms with Crippen molar-refractivity contribution in [2.75, 3.05) is 9.80 Å². The van der Waals surface area contributed by atoms with Crippen molar-refractivity contribution in [1.82, 2.24) is 0 Å². The summed E-state index contributed by atoms with van der Waals surface area (Å²) < 4.78 is 0. The molecule has 0 N–H and O–H groups in total. The lowest BCUT2D eigenvalue weighted by Gasteiger charge is -2.31. The average Bonchev–Trinajstić information content (AvgIpc) is 3.24. The Morgan fingerprint density at radius 3 is 1.21 bits per heavy atom. The summed E-state index contributed by atoms with van der Waals surface area (Å²) in [6.45, 7) is 21.2. The van der Waals surface area contributed by atoms with Crippen LogP contribution < -0.4 is 9.80 Å². The van der Waals surface area contributed by atoms with E-state index < -0.39 is 0 Å². The Bertz CT molecular complexity index is 2570. The number of benzene rings is 8. The van der Waals surface area contributed by atoms with Crippen LogP contribution in [0.3, 0.4) is 0 Å². The van der Waals surface area contributed by atoms with Crippen molar-refractivity contribution >= 4 is 72.1 Å². The number of aryl methyl sites for hydroxylation is 2. The monoisotopic (exact) mass is 726 g/mol. The van der Waals surface area contributed by atoms with E-state index in [0.29, 0.717) is 11.3 Å². The fourth-order valence-corrected chi connectivity index (χ4v) is 8.31. The average molecular weight is 727 g/mol. The van der Waals surface area contributed by atoms with Gasteiger partial charge in [-0.15, -0.1) is 0 Å². The van der Waals surface area contributed by atoms with Crippen LogP contribution in [0.2, 0.25) is 0 Å². The highest BCUT2D eigenvalue weighted by Gasteiger charge is 2.26. The van der Waals surface area contributed by atoms with Crippen molar-refractivity contribution in [2.24, 2.45) is 0 Å². The van der Waals surface area contributed by atoms with Gasteiger partial charge in [0.15, 0.2) is 5.69 Å². The van der Waals surface area contributed by atoms with Crippen molar-refractivity contribution in [3.05, 3.63) is 173 Å². The fourth-order valence-electron chi connectivity index (χ4n) is 8.31. The lowest BCUT2D eigenvalue weighted by Crippen LogP contribution is -2.13. The maximum absolute atomic E-state index is 9.69. The summed E-state index contributed by atoms with van der Waals surface area (Å²) in [4.78, 5) is 8.43. The van der Waals surface area contributed by atoms with E-state index in [-0.39, 0.29) is 11.8 Å². The molecule has 0 unspecified atom stereocenters. The van der Waals surface area contributed by atoms with E-state index in [4.69, 9.17) is 6.57 Å². The summed E-state index contributed by atoms with van der Waals surface area (Å²) in [5, 5.41) is 17.1. The molecule has 4 nitrogen and oxygen atoms in total. The van der Waals surface area contributed by atoms with E-state index in [0.717, 1.165) is 47.0 Å². The van der Waals surface area contributed by atoms with Gasteiger partial charge in [0.1, 0.15) is 0 Å². The molecule has 0 saturated heterocycles. The Kier molecular flexibility index (Phi) is 9.67. The van der Waals surface area contributed by atoms with Gasteiger partial charge >= 0.3 is 0 Å². The van der Waals surface area contributed by atoms with Gasteiger partial charge in [-0.3, -0.25) is 0 Å². The zero-order chi connectivity index (χ0) is 39.1. The van der Waals surface area contributed by atoms with Crippen LogP contribution in [0.1, 0.15) is 81.2 Å². The molecule has 0 fully saturated rings. The molecule has 8 aromatic rings. The van der Waals surface area contributed by atoms with Gasteiger partial charge in [-0.2, -0.15) is 5.26 Å². The molecular weight excluding hydrogens is 681 g/mol. The maximum atomic E-state index is 9.69. The minimum atomic E-state index is 0.266. The topological polar surface area (TPSA) is 34.6 Å². The van der Waals surface area contributed by atoms with Gasteiger partial charge in [0, 0.05) is 33.5 Å². The Hall–Kier alpha value is -6.62. The smallest absolute Gasteiger partial charge is 0.187 e. The highest BCUT2D eigenvalue weighted by Crippen LogP contribution is 2.51. The van der Waals surface area contributed by atoms with Gasteiger partial charge in [0.05, 0.1) is 29.6 Å². The molecule has 0 aromatic heterocycles. The first-order valence-corrected chi connectivity index (χ1v) is 19.8. The first-order valence-electron chi connectivity index (χ1n) is 19.8. The molecule has 8 rings (SSSR count). The third-order valence-electron chi connectivity index (χ3n) is 11.3. The highest BCUT2D eigenvalue weighted by atomic mass is 15.1. The van der Waals surface area contributed by atoms with E-state index in [9.17, 15) is 5.26 Å². The fraction of sp³-hybridized carbons (Fsp3) is 0.192. The molecular formula is C52H46N4. The first-order chi connectivity index (χ1) is 27.2. The van der Waals surface area contributed by atoms with E-state index >= 15 is 0 Å². The second kappa shape index (κ2) is 14.9. The summed E-state index contributed by atoms with van der Waals surface area (Å²) >= 11 is 0. The summed E-state index contributed by atoms with van der Waals surface area (Å²) in [5.41, 5.74) is 12.8. The van der Waals surface area contributed by atoms with Gasteiger partial charge < -0.3 is 9.80 Å². The molecule has 56 heavy (non-hydrogen) atoms. The quantitative estimate of drug-likeness (QED) is 0.104. The van der Waals surface area contributed by atoms with Crippen LogP contribution in [0.5, 0.6) is 0 Å². The number of nitrogens with zero attached hydrogens (tertiary/aromatic N) is 4. The maximum Gasteiger partial charge on any atom is 0.187 e. The van der Waals surface area contributed by atoms with Crippen LogP contribution in [-0.4, -0.2) is 0 Å². The molecule has 0 aliphatic carbocycles. The number of hydrogen-bond donors (Lipinski definition) is 0. The van der Waals surface area contributed by atoms with Crippen LogP contribution in [0.15, 0.2) is 133 Å². The molecule has 0 heterocycles. The Morgan fingerprint density at radius 1 is 0.518 bits per heavy atom. The van der Waals surface area contributed by atoms with Gasteiger partial charge in [0.2, 0.25) is 0 Å². The number of nitriles is 1. The Balaban J connectivity index is 1.49. The SMILES string of the molecule is [C-]#[N+]c1ccc(N(c2ccc(CC)cc2)c2cc(C(C)C)c3ccc4c(N(c5ccc(C#N)cc5)c5ccc(CC)cc5)cc(C(C)C)c5ccc2c3c54)cc1. The van der Waals surface area contributed by atoms with E-state index in [2.05, 4.69) is 171 Å². The van der Waals surface area contributed by atoms with E-state index in [1.807, 2.05) is 24.3 Å². The van der Waals surface area contributed by atoms with E-state index in [1.54, 1.807) is 0 Å². The number of hydrogen-bond acceptors (Lipinski definition) is 3. The van der Waals surface area contributed by atoms with Crippen LogP contribution in [-0.2, 0) is 12.8 Å². The van der Waals surface area contributed by atoms with Crippen molar-refractivity contribution < 1.29 is 0 Å². The molecule has 274 valence electrons. The lowest BCUT2D eigenvalue weighted by molar-refractivity contribution is 0.875. The lowest BCUT2D eigenvalue weighted by atomic mass is 9.84. The molecule has 4 heteroatoms. The number of rotatable bonds is 10. The minimum Gasteiger partial charge on any atom is -0.310 e. The van der Waals surface area contributed by atoms with Gasteiger partial charge in [-0.25, -0.2) is 4.85 Å². The molecule has 0 saturated carbocycles. The second-order valence-electron chi connectivity index (χ2n) is 15.3. The summed E-state index contributed by atoms with van der Waals surface area (Å²) in [6, 6.07) is 50.1. The molecule has 0 bridgehead atoms. The Morgan fingerprint density at radius 2 is 0.875 bits per heavy atom. The summed E-state index contributed by atoms with van der Waals surface area (Å²) in [7, 11) is 0. The number of anilines is 6. The molecule has 0 aliphatic rings. The molecule has 8 aromatic carbocycles. The van der Waals surface area contributed by atoms with Crippen molar-refractivity contribution in [3.63, 3.8) is 0 Å². The van der Waals surface area contributed by atoms with Crippen LogP contribution in [0, 0.1) is 17.9 Å². The predicted molar refractivity (Wildman–Crippen MR) is 237 cm³/mol. The third kappa shape index (κ3) is 6.28. The second-order valence-corrected chi connectivity index (χ2v) is 15.3. The largest absolute Gasteiger partial charge is 0.310 e. The molecule has 0 atom stereocenters.